The molecule has 0 bridgehead atoms. The summed E-state index contributed by atoms with van der Waals surface area (Å²) in [5.41, 5.74) is 2.73. The normalized spacial score (nSPS) is 12.2. The van der Waals surface area contributed by atoms with Crippen molar-refractivity contribution in [3.05, 3.63) is 16.1 Å². The minimum absolute atomic E-state index is 0.126. The van der Waals surface area contributed by atoms with Gasteiger partial charge in [-0.1, -0.05) is 0 Å². The lowest BCUT2D eigenvalue weighted by Gasteiger charge is -2.18. The van der Waals surface area contributed by atoms with E-state index in [1.165, 1.54) is 11.3 Å². The Morgan fingerprint density at radius 3 is 2.94 bits per heavy atom. The van der Waals surface area contributed by atoms with Crippen LogP contribution in [-0.2, 0) is 6.54 Å². The molecule has 6 heteroatoms. The van der Waals surface area contributed by atoms with Crippen molar-refractivity contribution in [1.82, 2.24) is 15.2 Å². The highest BCUT2D eigenvalue weighted by Crippen LogP contribution is 2.11. The Labute approximate surface area is 105 Å². The number of carbonyl (C=O) groups excluding carboxylic acids is 1. The fraction of sp³-hybridized carbons (Fsp3) is 0.636. The van der Waals surface area contributed by atoms with Gasteiger partial charge >= 0.3 is 6.03 Å². The molecule has 0 aromatic carbocycles. The van der Waals surface area contributed by atoms with Crippen LogP contribution in [0.1, 0.15) is 23.9 Å². The summed E-state index contributed by atoms with van der Waals surface area (Å²) in [6, 6.07) is -0.126. The van der Waals surface area contributed by atoms with Crippen LogP contribution in [0.2, 0.25) is 0 Å². The monoisotopic (exact) mass is 257 g/mol. The van der Waals surface area contributed by atoms with Gasteiger partial charge in [-0.3, -0.25) is 0 Å². The summed E-state index contributed by atoms with van der Waals surface area (Å²) in [4.78, 5) is 18.4. The van der Waals surface area contributed by atoms with Gasteiger partial charge in [-0.15, -0.1) is 11.3 Å². The lowest BCUT2D eigenvalue weighted by Crippen LogP contribution is -2.38. The van der Waals surface area contributed by atoms with E-state index in [1.807, 2.05) is 6.92 Å². The van der Waals surface area contributed by atoms with E-state index in [1.54, 1.807) is 24.4 Å². The summed E-state index contributed by atoms with van der Waals surface area (Å²) >= 11 is 1.54. The minimum atomic E-state index is -0.381. The molecule has 2 amide bonds. The van der Waals surface area contributed by atoms with Crippen LogP contribution in [0.25, 0.3) is 0 Å². The number of hydrogen-bond donors (Lipinski definition) is 2. The Balaban J connectivity index is 2.32. The standard InChI is InChI=1S/C11H19N3O2S/c1-8(15)4-5-14(3)11(16)12-6-10-9(2)13-7-17-10/h7-8,15H,4-6H2,1-3H3,(H,12,16). The molecule has 0 radical (unpaired) electrons. The number of nitrogens with one attached hydrogen (secondary N) is 1. The number of urea groups is 1. The predicted octanol–water partition coefficient (Wildman–Crippen LogP) is 1.36. The smallest absolute Gasteiger partial charge is 0.317 e. The fourth-order valence-corrected chi connectivity index (χ4v) is 1.99. The molecule has 0 saturated heterocycles. The molecule has 1 aromatic heterocycles. The van der Waals surface area contributed by atoms with Gasteiger partial charge < -0.3 is 15.3 Å². The van der Waals surface area contributed by atoms with Crippen molar-refractivity contribution in [2.75, 3.05) is 13.6 Å². The Morgan fingerprint density at radius 1 is 1.71 bits per heavy atom. The van der Waals surface area contributed by atoms with Crippen LogP contribution in [0.15, 0.2) is 5.51 Å². The molecule has 0 spiro atoms. The number of thiazole rings is 1. The predicted molar refractivity (Wildman–Crippen MR) is 68.0 cm³/mol. The van der Waals surface area contributed by atoms with Crippen LogP contribution in [-0.4, -0.2) is 40.7 Å². The second-order valence-electron chi connectivity index (χ2n) is 4.08. The van der Waals surface area contributed by atoms with Gasteiger partial charge in [-0.25, -0.2) is 9.78 Å². The zero-order valence-electron chi connectivity index (χ0n) is 10.4. The Hall–Kier alpha value is -1.14. The second kappa shape index (κ2) is 6.56. The second-order valence-corrected chi connectivity index (χ2v) is 5.02. The molecule has 1 unspecified atom stereocenters. The van der Waals surface area contributed by atoms with Gasteiger partial charge in [0.05, 0.1) is 23.9 Å². The van der Waals surface area contributed by atoms with Crippen LogP contribution < -0.4 is 5.32 Å². The van der Waals surface area contributed by atoms with Crippen LogP contribution in [0.5, 0.6) is 0 Å². The molecule has 0 aliphatic rings. The SMILES string of the molecule is Cc1ncsc1CNC(=O)N(C)CCC(C)O. The quantitative estimate of drug-likeness (QED) is 0.837. The summed E-state index contributed by atoms with van der Waals surface area (Å²) in [6.07, 6.45) is 0.206. The third-order valence-electron chi connectivity index (χ3n) is 2.47. The van der Waals surface area contributed by atoms with Crippen molar-refractivity contribution < 1.29 is 9.90 Å². The third kappa shape index (κ3) is 4.70. The lowest BCUT2D eigenvalue weighted by atomic mass is 10.3. The summed E-state index contributed by atoms with van der Waals surface area (Å²) < 4.78 is 0. The van der Waals surface area contributed by atoms with E-state index in [-0.39, 0.29) is 12.1 Å². The molecule has 1 rings (SSSR count). The number of hydrogen-bond acceptors (Lipinski definition) is 4. The first-order valence-corrected chi connectivity index (χ1v) is 6.44. The van der Waals surface area contributed by atoms with Crippen molar-refractivity contribution in [3.8, 4) is 0 Å². The maximum absolute atomic E-state index is 11.7. The maximum Gasteiger partial charge on any atom is 0.317 e. The molecule has 0 fully saturated rings. The van der Waals surface area contributed by atoms with Gasteiger partial charge in [0.25, 0.3) is 0 Å². The molecule has 17 heavy (non-hydrogen) atoms. The van der Waals surface area contributed by atoms with E-state index in [9.17, 15) is 4.79 Å². The number of rotatable bonds is 5. The number of nitrogens with zero attached hydrogens (tertiary/aromatic N) is 2. The Kier molecular flexibility index (Phi) is 5.37. The van der Waals surface area contributed by atoms with E-state index < -0.39 is 0 Å². The van der Waals surface area contributed by atoms with E-state index >= 15 is 0 Å². The maximum atomic E-state index is 11.7. The van der Waals surface area contributed by atoms with Crippen molar-refractivity contribution in [1.29, 1.82) is 0 Å². The first-order valence-electron chi connectivity index (χ1n) is 5.56. The fourth-order valence-electron chi connectivity index (χ4n) is 1.27. The molecule has 0 aliphatic heterocycles. The number of amides is 2. The summed E-state index contributed by atoms with van der Waals surface area (Å²) in [7, 11) is 1.72. The number of carbonyl (C=O) groups is 1. The number of aliphatic hydroxyl groups is 1. The summed E-state index contributed by atoms with van der Waals surface area (Å²) in [5, 5.41) is 12.0. The van der Waals surface area contributed by atoms with Crippen LogP contribution >= 0.6 is 11.3 Å². The van der Waals surface area contributed by atoms with Gasteiger partial charge in [0.1, 0.15) is 0 Å². The lowest BCUT2D eigenvalue weighted by molar-refractivity contribution is 0.163. The highest BCUT2D eigenvalue weighted by Gasteiger charge is 2.10. The van der Waals surface area contributed by atoms with Crippen LogP contribution in [0.4, 0.5) is 4.79 Å². The number of aliphatic hydroxyl groups excluding tert-OH is 1. The number of aryl methyl sites for hydroxylation is 1. The third-order valence-corrected chi connectivity index (χ3v) is 3.41. The number of aromatic nitrogens is 1. The van der Waals surface area contributed by atoms with Crippen LogP contribution in [0.3, 0.4) is 0 Å². The van der Waals surface area contributed by atoms with E-state index in [0.717, 1.165) is 10.6 Å². The molecule has 5 nitrogen and oxygen atoms in total. The average Bonchev–Trinajstić information content (AvgIpc) is 2.68. The van der Waals surface area contributed by atoms with Gasteiger partial charge in [-0.05, 0) is 20.3 Å². The van der Waals surface area contributed by atoms with Gasteiger partial charge in [0, 0.05) is 18.5 Å². The Morgan fingerprint density at radius 2 is 2.41 bits per heavy atom. The first-order chi connectivity index (χ1) is 8.00. The first kappa shape index (κ1) is 13.9. The zero-order chi connectivity index (χ0) is 12.8. The summed E-state index contributed by atoms with van der Waals surface area (Å²) in [5.74, 6) is 0. The Bertz CT molecular complexity index is 365. The van der Waals surface area contributed by atoms with Gasteiger partial charge in [0.2, 0.25) is 0 Å². The molecule has 1 atom stereocenters. The summed E-state index contributed by atoms with van der Waals surface area (Å²) in [6.45, 7) is 4.70. The molecule has 1 heterocycles. The average molecular weight is 257 g/mol. The van der Waals surface area contributed by atoms with E-state index in [0.29, 0.717) is 19.5 Å². The zero-order valence-corrected chi connectivity index (χ0v) is 11.3. The minimum Gasteiger partial charge on any atom is -0.393 e. The molecular weight excluding hydrogens is 238 g/mol. The van der Waals surface area contributed by atoms with Gasteiger partial charge in [0.15, 0.2) is 0 Å². The molecule has 2 N–H and O–H groups in total. The molecular formula is C11H19N3O2S. The topological polar surface area (TPSA) is 65.5 Å². The van der Waals surface area contributed by atoms with Crippen molar-refractivity contribution >= 4 is 17.4 Å². The highest BCUT2D eigenvalue weighted by atomic mass is 32.1. The molecule has 1 aromatic rings. The van der Waals surface area contributed by atoms with E-state index in [4.69, 9.17) is 5.11 Å². The largest absolute Gasteiger partial charge is 0.393 e. The van der Waals surface area contributed by atoms with Gasteiger partial charge in [-0.2, -0.15) is 0 Å². The van der Waals surface area contributed by atoms with Crippen molar-refractivity contribution in [2.24, 2.45) is 0 Å². The molecule has 0 saturated carbocycles. The molecule has 96 valence electrons. The van der Waals surface area contributed by atoms with E-state index in [2.05, 4.69) is 10.3 Å². The molecule has 0 aliphatic carbocycles. The van der Waals surface area contributed by atoms with Crippen molar-refractivity contribution in [3.63, 3.8) is 0 Å². The van der Waals surface area contributed by atoms with Crippen LogP contribution in [0, 0.1) is 6.92 Å². The van der Waals surface area contributed by atoms with Crippen molar-refractivity contribution in [2.45, 2.75) is 32.9 Å². The highest BCUT2D eigenvalue weighted by molar-refractivity contribution is 7.09.